The zero-order valence-corrected chi connectivity index (χ0v) is 20.1. The summed E-state index contributed by atoms with van der Waals surface area (Å²) in [6, 6.07) is 24.8. The summed E-state index contributed by atoms with van der Waals surface area (Å²) >= 11 is 0. The van der Waals surface area contributed by atoms with Gasteiger partial charge in [0.15, 0.2) is 6.04 Å². The molecule has 0 bridgehead atoms. The Morgan fingerprint density at radius 3 is 1.78 bits per heavy atom. The third-order valence-corrected chi connectivity index (χ3v) is 5.42. The number of hydrogen-bond acceptors (Lipinski definition) is 6. The fraction of sp³-hybridized carbons (Fsp3) is 0.250. The second kappa shape index (κ2) is 13.7. The Kier molecular flexibility index (Phi) is 10.0. The number of nitrogens with one attached hydrogen (secondary N) is 1. The molecule has 3 aromatic rings. The van der Waals surface area contributed by atoms with Gasteiger partial charge < -0.3 is 14.6 Å². The third kappa shape index (κ3) is 7.95. The number of carbonyl (C=O) groups excluding carboxylic acids is 2. The van der Waals surface area contributed by atoms with Gasteiger partial charge in [0.05, 0.1) is 6.61 Å². The van der Waals surface area contributed by atoms with Crippen molar-refractivity contribution in [1.29, 1.82) is 0 Å². The number of carboxylic acids is 1. The molecule has 0 saturated heterocycles. The Morgan fingerprint density at radius 2 is 1.28 bits per heavy atom. The molecule has 0 aromatic heterocycles. The van der Waals surface area contributed by atoms with Crippen molar-refractivity contribution in [2.24, 2.45) is 0 Å². The van der Waals surface area contributed by atoms with Gasteiger partial charge in [-0.25, -0.2) is 20.0 Å². The molecule has 8 nitrogen and oxygen atoms in total. The van der Waals surface area contributed by atoms with Crippen LogP contribution < -0.4 is 5.43 Å². The van der Waals surface area contributed by atoms with Crippen molar-refractivity contribution in [2.75, 3.05) is 6.61 Å². The predicted octanol–water partition coefficient (Wildman–Crippen LogP) is 4.00. The zero-order valence-electron chi connectivity index (χ0n) is 20.1. The first-order valence-electron chi connectivity index (χ1n) is 11.7. The molecule has 8 heteroatoms. The quantitative estimate of drug-likeness (QED) is 0.292. The van der Waals surface area contributed by atoms with Gasteiger partial charge in [0.2, 0.25) is 0 Å². The highest BCUT2D eigenvalue weighted by Gasteiger charge is 2.36. The number of amides is 1. The highest BCUT2D eigenvalue weighted by molar-refractivity contribution is 5.82. The molecule has 2 atom stereocenters. The van der Waals surface area contributed by atoms with Crippen LogP contribution in [0, 0.1) is 0 Å². The number of hydrazine groups is 1. The van der Waals surface area contributed by atoms with Crippen LogP contribution in [0.5, 0.6) is 0 Å². The fourth-order valence-corrected chi connectivity index (χ4v) is 3.62. The van der Waals surface area contributed by atoms with E-state index in [-0.39, 0.29) is 26.1 Å². The molecule has 1 amide bonds. The molecule has 36 heavy (non-hydrogen) atoms. The Bertz CT molecular complexity index is 1110. The maximum absolute atomic E-state index is 13.3. The maximum Gasteiger partial charge on any atom is 0.425 e. The number of carbonyl (C=O) groups is 3. The summed E-state index contributed by atoms with van der Waals surface area (Å²) in [7, 11) is 0. The van der Waals surface area contributed by atoms with E-state index >= 15 is 0 Å². The van der Waals surface area contributed by atoms with E-state index in [1.165, 1.54) is 0 Å². The van der Waals surface area contributed by atoms with E-state index in [2.05, 4.69) is 5.43 Å². The maximum atomic E-state index is 13.3. The summed E-state index contributed by atoms with van der Waals surface area (Å²) in [4.78, 5) is 38.5. The molecule has 0 saturated carbocycles. The molecular weight excluding hydrogens is 460 g/mol. The molecule has 0 radical (unpaired) electrons. The number of esters is 1. The molecule has 3 rings (SSSR count). The monoisotopic (exact) mass is 490 g/mol. The molecule has 3 aromatic carbocycles. The van der Waals surface area contributed by atoms with Gasteiger partial charge in [-0.15, -0.1) is 0 Å². The van der Waals surface area contributed by atoms with Crippen molar-refractivity contribution in [3.63, 3.8) is 0 Å². The van der Waals surface area contributed by atoms with Crippen molar-refractivity contribution >= 4 is 18.0 Å². The highest BCUT2D eigenvalue weighted by atomic mass is 16.6. The van der Waals surface area contributed by atoms with Crippen LogP contribution in [-0.2, 0) is 38.5 Å². The minimum atomic E-state index is -1.20. The number of carboxylic acid groups (broad SMARTS) is 1. The molecule has 188 valence electrons. The number of nitrogens with zero attached hydrogens (tertiary/aromatic N) is 1. The van der Waals surface area contributed by atoms with Crippen LogP contribution in [0.15, 0.2) is 91.0 Å². The first kappa shape index (κ1) is 26.4. The summed E-state index contributed by atoms with van der Waals surface area (Å²) in [6.07, 6.45) is -0.697. The lowest BCUT2D eigenvalue weighted by molar-refractivity contribution is -0.152. The van der Waals surface area contributed by atoms with Gasteiger partial charge in [-0.2, -0.15) is 0 Å². The standard InChI is InChI=1S/C28H30N2O6/c1-2-35-27(33)25(19-22-14-8-4-9-15-22)30(28(34)36-20-23-16-10-5-11-17-23)29-24(26(31)32)18-21-12-6-3-7-13-21/h3-17,24-25,29H,2,18-20H2,1H3,(H,31,32)/t24-,25-/m0/s1. The second-order valence-electron chi connectivity index (χ2n) is 8.08. The van der Waals surface area contributed by atoms with Crippen molar-refractivity contribution in [3.8, 4) is 0 Å². The van der Waals surface area contributed by atoms with Gasteiger partial charge in [-0.3, -0.25) is 4.79 Å². The summed E-state index contributed by atoms with van der Waals surface area (Å²) < 4.78 is 10.7. The van der Waals surface area contributed by atoms with E-state index in [1.807, 2.05) is 54.6 Å². The lowest BCUT2D eigenvalue weighted by atomic mass is 10.0. The second-order valence-corrected chi connectivity index (χ2v) is 8.08. The normalized spacial score (nSPS) is 12.2. The SMILES string of the molecule is CCOC(=O)[C@H](Cc1ccccc1)N(N[C@@H](Cc1ccccc1)C(=O)O)C(=O)OCc1ccccc1. The minimum Gasteiger partial charge on any atom is -0.480 e. The molecule has 0 aliphatic heterocycles. The smallest absolute Gasteiger partial charge is 0.425 e. The third-order valence-electron chi connectivity index (χ3n) is 5.42. The number of benzene rings is 3. The van der Waals surface area contributed by atoms with Crippen LogP contribution in [0.25, 0.3) is 0 Å². The largest absolute Gasteiger partial charge is 0.480 e. The van der Waals surface area contributed by atoms with E-state index in [0.29, 0.717) is 0 Å². The van der Waals surface area contributed by atoms with Crippen molar-refractivity contribution in [2.45, 2.75) is 38.5 Å². The highest BCUT2D eigenvalue weighted by Crippen LogP contribution is 2.14. The number of aliphatic carboxylic acids is 1. The van der Waals surface area contributed by atoms with Crippen LogP contribution in [0.2, 0.25) is 0 Å². The van der Waals surface area contributed by atoms with E-state index < -0.39 is 30.1 Å². The molecule has 0 heterocycles. The minimum absolute atomic E-state index is 0.0465. The Morgan fingerprint density at radius 1 is 0.778 bits per heavy atom. The molecule has 0 aliphatic carbocycles. The lowest BCUT2D eigenvalue weighted by Crippen LogP contribution is -2.59. The average Bonchev–Trinajstić information content (AvgIpc) is 2.90. The lowest BCUT2D eigenvalue weighted by Gasteiger charge is -2.32. The van der Waals surface area contributed by atoms with Gasteiger partial charge in [0, 0.05) is 12.8 Å². The van der Waals surface area contributed by atoms with Crippen LogP contribution in [0.1, 0.15) is 23.6 Å². The molecule has 0 aliphatic rings. The van der Waals surface area contributed by atoms with Gasteiger partial charge in [0.1, 0.15) is 12.6 Å². The summed E-state index contributed by atoms with van der Waals surface area (Å²) in [5.74, 6) is -1.85. The van der Waals surface area contributed by atoms with Crippen LogP contribution in [0.4, 0.5) is 4.79 Å². The van der Waals surface area contributed by atoms with E-state index in [4.69, 9.17) is 9.47 Å². The van der Waals surface area contributed by atoms with Crippen molar-refractivity contribution in [1.82, 2.24) is 10.4 Å². The molecule has 0 spiro atoms. The molecular formula is C28H30N2O6. The van der Waals surface area contributed by atoms with Crippen molar-refractivity contribution in [3.05, 3.63) is 108 Å². The van der Waals surface area contributed by atoms with Crippen molar-refractivity contribution < 1.29 is 29.0 Å². The van der Waals surface area contributed by atoms with Crippen LogP contribution in [0.3, 0.4) is 0 Å². The van der Waals surface area contributed by atoms with E-state index in [0.717, 1.165) is 21.7 Å². The Hall–Kier alpha value is -4.17. The number of rotatable bonds is 12. The van der Waals surface area contributed by atoms with Gasteiger partial charge in [-0.05, 0) is 23.6 Å². The van der Waals surface area contributed by atoms with Crippen LogP contribution >= 0.6 is 0 Å². The first-order chi connectivity index (χ1) is 17.5. The fourth-order valence-electron chi connectivity index (χ4n) is 3.62. The van der Waals surface area contributed by atoms with E-state index in [9.17, 15) is 19.5 Å². The molecule has 0 fully saturated rings. The number of hydrogen-bond donors (Lipinski definition) is 2. The first-order valence-corrected chi connectivity index (χ1v) is 11.7. The molecule has 2 N–H and O–H groups in total. The van der Waals surface area contributed by atoms with Gasteiger partial charge in [0.25, 0.3) is 0 Å². The molecule has 0 unspecified atom stereocenters. The topological polar surface area (TPSA) is 105 Å². The summed E-state index contributed by atoms with van der Waals surface area (Å²) in [5, 5.41) is 10.9. The number of ether oxygens (including phenoxy) is 2. The van der Waals surface area contributed by atoms with Gasteiger partial charge in [-0.1, -0.05) is 91.0 Å². The summed E-state index contributed by atoms with van der Waals surface area (Å²) in [5.41, 5.74) is 5.03. The predicted molar refractivity (Wildman–Crippen MR) is 134 cm³/mol. The van der Waals surface area contributed by atoms with E-state index in [1.54, 1.807) is 43.3 Å². The Labute approximate surface area is 210 Å². The average molecular weight is 491 g/mol. The van der Waals surface area contributed by atoms with Crippen LogP contribution in [-0.4, -0.2) is 46.8 Å². The Balaban J connectivity index is 1.90. The van der Waals surface area contributed by atoms with Gasteiger partial charge >= 0.3 is 18.0 Å². The summed E-state index contributed by atoms with van der Waals surface area (Å²) in [6.45, 7) is 1.72. The zero-order chi connectivity index (χ0) is 25.8.